The highest BCUT2D eigenvalue weighted by Gasteiger charge is 2.12. The van der Waals surface area contributed by atoms with Crippen molar-refractivity contribution in [2.45, 2.75) is 6.92 Å². The molecular weight excluding hydrogens is 412 g/mol. The third-order valence-corrected chi connectivity index (χ3v) is 4.81. The first-order valence-electron chi connectivity index (χ1n) is 9.71. The lowest BCUT2D eigenvalue weighted by Gasteiger charge is -2.10. The van der Waals surface area contributed by atoms with Gasteiger partial charge < -0.3 is 14.5 Å². The Labute approximate surface area is 182 Å². The van der Waals surface area contributed by atoms with Crippen molar-refractivity contribution in [3.8, 4) is 16.9 Å². The summed E-state index contributed by atoms with van der Waals surface area (Å²) in [6.45, 7) is 1.74. The van der Waals surface area contributed by atoms with Gasteiger partial charge in [0.15, 0.2) is 6.61 Å². The molecular formula is C24H18N2O6. The highest BCUT2D eigenvalue weighted by atomic mass is 16.6. The van der Waals surface area contributed by atoms with Crippen molar-refractivity contribution in [2.24, 2.45) is 0 Å². The van der Waals surface area contributed by atoms with E-state index in [4.69, 9.17) is 9.15 Å². The van der Waals surface area contributed by atoms with Gasteiger partial charge in [-0.25, -0.2) is 4.79 Å². The van der Waals surface area contributed by atoms with E-state index < -0.39 is 10.5 Å². The first kappa shape index (κ1) is 20.8. The largest absolute Gasteiger partial charge is 0.484 e. The van der Waals surface area contributed by atoms with Crippen LogP contribution in [0, 0.1) is 17.0 Å². The molecule has 8 nitrogen and oxygen atoms in total. The predicted molar refractivity (Wildman–Crippen MR) is 120 cm³/mol. The number of nitro groups is 1. The normalized spacial score (nSPS) is 10.7. The second-order valence-corrected chi connectivity index (χ2v) is 7.14. The number of hydrogen-bond acceptors (Lipinski definition) is 6. The summed E-state index contributed by atoms with van der Waals surface area (Å²) in [7, 11) is 0. The average Bonchev–Trinajstić information content (AvgIpc) is 2.78. The lowest BCUT2D eigenvalue weighted by atomic mass is 10.0. The molecule has 0 radical (unpaired) electrons. The van der Waals surface area contributed by atoms with Crippen molar-refractivity contribution >= 4 is 28.3 Å². The smallest absolute Gasteiger partial charge is 0.336 e. The van der Waals surface area contributed by atoms with Gasteiger partial charge in [0.25, 0.3) is 11.6 Å². The molecule has 0 aliphatic heterocycles. The first-order valence-corrected chi connectivity index (χ1v) is 9.71. The Morgan fingerprint density at radius 3 is 2.44 bits per heavy atom. The number of nitrogens with zero attached hydrogens (tertiary/aromatic N) is 1. The molecule has 0 aliphatic carbocycles. The van der Waals surface area contributed by atoms with Crippen LogP contribution in [0.4, 0.5) is 11.4 Å². The van der Waals surface area contributed by atoms with E-state index in [1.807, 2.05) is 19.1 Å². The second kappa shape index (κ2) is 8.73. The number of benzene rings is 3. The number of hydrogen-bond donors (Lipinski definition) is 1. The minimum atomic E-state index is -0.569. The maximum atomic E-state index is 12.1. The van der Waals surface area contributed by atoms with Crippen LogP contribution < -0.4 is 15.7 Å². The van der Waals surface area contributed by atoms with E-state index in [2.05, 4.69) is 5.32 Å². The number of amides is 1. The third-order valence-electron chi connectivity index (χ3n) is 4.81. The van der Waals surface area contributed by atoms with Crippen molar-refractivity contribution in [1.82, 2.24) is 0 Å². The zero-order valence-corrected chi connectivity index (χ0v) is 17.0. The van der Waals surface area contributed by atoms with Crippen molar-refractivity contribution in [2.75, 3.05) is 11.9 Å². The molecule has 0 aliphatic rings. The molecule has 1 heterocycles. The van der Waals surface area contributed by atoms with Crippen molar-refractivity contribution < 1.29 is 18.9 Å². The summed E-state index contributed by atoms with van der Waals surface area (Å²) in [4.78, 5) is 34.6. The first-order chi connectivity index (χ1) is 15.4. The van der Waals surface area contributed by atoms with Gasteiger partial charge in [0.2, 0.25) is 0 Å². The topological polar surface area (TPSA) is 112 Å². The maximum Gasteiger partial charge on any atom is 0.336 e. The van der Waals surface area contributed by atoms with Crippen LogP contribution in [0.2, 0.25) is 0 Å². The fourth-order valence-corrected chi connectivity index (χ4v) is 3.22. The fraction of sp³-hybridized carbons (Fsp3) is 0.0833. The summed E-state index contributed by atoms with van der Waals surface area (Å²) < 4.78 is 10.8. The monoisotopic (exact) mass is 430 g/mol. The van der Waals surface area contributed by atoms with E-state index in [0.29, 0.717) is 28.0 Å². The molecule has 0 spiro atoms. The van der Waals surface area contributed by atoms with Gasteiger partial charge in [0.1, 0.15) is 11.3 Å². The Bertz CT molecular complexity index is 1360. The van der Waals surface area contributed by atoms with Gasteiger partial charge in [-0.15, -0.1) is 0 Å². The van der Waals surface area contributed by atoms with Gasteiger partial charge >= 0.3 is 5.63 Å². The number of nitrogens with one attached hydrogen (secondary N) is 1. The minimum absolute atomic E-state index is 0.0411. The number of non-ortho nitro benzene ring substituents is 1. The molecule has 0 fully saturated rings. The molecule has 0 unspecified atom stereocenters. The van der Waals surface area contributed by atoms with Crippen LogP contribution in [-0.4, -0.2) is 17.4 Å². The van der Waals surface area contributed by atoms with Crippen molar-refractivity contribution in [3.63, 3.8) is 0 Å². The molecule has 4 aromatic rings. The fourth-order valence-electron chi connectivity index (χ4n) is 3.22. The lowest BCUT2D eigenvalue weighted by molar-refractivity contribution is -0.384. The van der Waals surface area contributed by atoms with Gasteiger partial charge in [-0.05, 0) is 54.4 Å². The molecule has 0 saturated heterocycles. The molecule has 1 N–H and O–H groups in total. The summed E-state index contributed by atoms with van der Waals surface area (Å²) >= 11 is 0. The van der Waals surface area contributed by atoms with Crippen molar-refractivity contribution in [1.29, 1.82) is 0 Å². The highest BCUT2D eigenvalue weighted by Crippen LogP contribution is 2.30. The molecule has 8 heteroatoms. The Kier molecular flexibility index (Phi) is 5.67. The molecule has 4 rings (SSSR count). The Morgan fingerprint density at radius 2 is 1.75 bits per heavy atom. The number of fused-ring (bicyclic) bond motifs is 1. The number of aryl methyl sites for hydroxylation is 1. The van der Waals surface area contributed by atoms with Gasteiger partial charge in [0, 0.05) is 35.3 Å². The summed E-state index contributed by atoms with van der Waals surface area (Å²) in [6.07, 6.45) is 0. The van der Waals surface area contributed by atoms with Gasteiger partial charge in [-0.2, -0.15) is 0 Å². The molecule has 1 aromatic heterocycles. The average molecular weight is 430 g/mol. The zero-order valence-electron chi connectivity index (χ0n) is 17.0. The van der Waals surface area contributed by atoms with Crippen molar-refractivity contribution in [3.05, 3.63) is 98.9 Å². The van der Waals surface area contributed by atoms with Crippen LogP contribution in [0.15, 0.2) is 82.0 Å². The second-order valence-electron chi connectivity index (χ2n) is 7.14. The Balaban J connectivity index is 1.54. The quantitative estimate of drug-likeness (QED) is 0.270. The highest BCUT2D eigenvalue weighted by molar-refractivity contribution is 5.94. The summed E-state index contributed by atoms with van der Waals surface area (Å²) in [5.74, 6) is 0.0376. The Hall–Kier alpha value is -4.46. The van der Waals surface area contributed by atoms with E-state index in [0.717, 1.165) is 5.56 Å². The molecule has 1 amide bonds. The number of carbonyl (C=O) groups excluding carboxylic acids is 1. The van der Waals surface area contributed by atoms with Gasteiger partial charge in [-0.3, -0.25) is 14.9 Å². The minimum Gasteiger partial charge on any atom is -0.484 e. The number of rotatable bonds is 6. The number of carbonyl (C=O) groups is 1. The molecule has 0 atom stereocenters. The van der Waals surface area contributed by atoms with Gasteiger partial charge in [0.05, 0.1) is 4.92 Å². The van der Waals surface area contributed by atoms with Crippen LogP contribution in [0.1, 0.15) is 5.56 Å². The lowest BCUT2D eigenvalue weighted by Crippen LogP contribution is -2.20. The summed E-state index contributed by atoms with van der Waals surface area (Å²) in [5.41, 5.74) is 2.64. The number of ether oxygens (including phenoxy) is 1. The molecule has 160 valence electrons. The molecule has 0 saturated carbocycles. The summed E-state index contributed by atoms with van der Waals surface area (Å²) in [5, 5.41) is 14.3. The number of anilines is 1. The van der Waals surface area contributed by atoms with E-state index in [1.165, 1.54) is 24.3 Å². The third kappa shape index (κ3) is 4.65. The standard InChI is InChI=1S/C24H18N2O6/c1-15-2-6-17(7-3-15)25-23(27)14-31-19-10-11-20-21(13-24(28)32-22(20)12-19)16-4-8-18(9-5-16)26(29)30/h2-13H,14H2,1H3,(H,25,27). The van der Waals surface area contributed by atoms with Crippen LogP contribution in [0.25, 0.3) is 22.1 Å². The molecule has 3 aromatic carbocycles. The van der Waals surface area contributed by atoms with Gasteiger partial charge in [-0.1, -0.05) is 17.7 Å². The van der Waals surface area contributed by atoms with E-state index >= 15 is 0 Å². The van der Waals surface area contributed by atoms with Crippen LogP contribution in [0.5, 0.6) is 5.75 Å². The maximum absolute atomic E-state index is 12.1. The van der Waals surface area contributed by atoms with E-state index in [-0.39, 0.29) is 23.8 Å². The Morgan fingerprint density at radius 1 is 1.03 bits per heavy atom. The number of nitro benzene ring substituents is 1. The SMILES string of the molecule is Cc1ccc(NC(=O)COc2ccc3c(-c4ccc([N+](=O)[O-])cc4)cc(=O)oc3c2)cc1. The van der Waals surface area contributed by atoms with Crippen LogP contribution in [0.3, 0.4) is 0 Å². The van der Waals surface area contributed by atoms with E-state index in [9.17, 15) is 19.7 Å². The summed E-state index contributed by atoms with van der Waals surface area (Å²) in [6, 6.07) is 19.5. The van der Waals surface area contributed by atoms with E-state index in [1.54, 1.807) is 36.4 Å². The van der Waals surface area contributed by atoms with Crippen LogP contribution in [-0.2, 0) is 4.79 Å². The zero-order chi connectivity index (χ0) is 22.7. The molecule has 0 bridgehead atoms. The predicted octanol–water partition coefficient (Wildman–Crippen LogP) is 4.69. The van der Waals surface area contributed by atoms with Crippen LogP contribution >= 0.6 is 0 Å². The molecule has 32 heavy (non-hydrogen) atoms.